The number of oxazole rings is 1. The number of methoxy groups -OCH3 is 1. The number of aromatic nitrogens is 1. The predicted molar refractivity (Wildman–Crippen MR) is 135 cm³/mol. The molecule has 1 N–H and O–H groups in total. The molecule has 0 aliphatic rings. The van der Waals surface area contributed by atoms with Crippen molar-refractivity contribution in [3.05, 3.63) is 107 Å². The molecule has 4 rings (SSSR count). The monoisotopic (exact) mass is 506 g/mol. The molecule has 0 saturated carbocycles. The van der Waals surface area contributed by atoms with Gasteiger partial charge in [0.05, 0.1) is 19.4 Å². The zero-order valence-electron chi connectivity index (χ0n) is 20.7. The maximum Gasteiger partial charge on any atom is 0.323 e. The first-order chi connectivity index (χ1) is 17.9. The fraction of sp³-hybridized carbons (Fsp3) is 0.241. The molecule has 0 spiro atoms. The van der Waals surface area contributed by atoms with E-state index in [9.17, 15) is 13.6 Å². The fourth-order valence-corrected chi connectivity index (χ4v) is 3.89. The minimum Gasteiger partial charge on any atom is -0.493 e. The second-order valence-corrected chi connectivity index (χ2v) is 8.50. The topological polar surface area (TPSA) is 73.6 Å². The highest BCUT2D eigenvalue weighted by Crippen LogP contribution is 2.22. The summed E-state index contributed by atoms with van der Waals surface area (Å²) >= 11 is 0. The lowest BCUT2D eigenvalue weighted by molar-refractivity contribution is -0.143. The van der Waals surface area contributed by atoms with Crippen LogP contribution in [-0.2, 0) is 28.9 Å². The Kier molecular flexibility index (Phi) is 8.64. The molecule has 1 heterocycles. The minimum atomic E-state index is -0.933. The van der Waals surface area contributed by atoms with Crippen LogP contribution in [0, 0.1) is 18.6 Å². The molecule has 1 atom stereocenters. The van der Waals surface area contributed by atoms with Gasteiger partial charge in [-0.2, -0.15) is 0 Å². The van der Waals surface area contributed by atoms with Gasteiger partial charge in [0.15, 0.2) is 11.6 Å². The van der Waals surface area contributed by atoms with E-state index in [0.717, 1.165) is 28.6 Å². The number of hydrogen-bond acceptors (Lipinski definition) is 6. The van der Waals surface area contributed by atoms with Gasteiger partial charge in [0.25, 0.3) is 0 Å². The summed E-state index contributed by atoms with van der Waals surface area (Å²) in [6.07, 6.45) is 0.902. The quantitative estimate of drug-likeness (QED) is 0.274. The lowest BCUT2D eigenvalue weighted by Gasteiger charge is -2.17. The summed E-state index contributed by atoms with van der Waals surface area (Å²) in [5.74, 6) is -0.326. The van der Waals surface area contributed by atoms with Crippen molar-refractivity contribution in [1.82, 2.24) is 10.3 Å². The molecular weight excluding hydrogens is 478 g/mol. The summed E-state index contributed by atoms with van der Waals surface area (Å²) in [5.41, 5.74) is 2.76. The van der Waals surface area contributed by atoms with Crippen LogP contribution in [0.2, 0.25) is 0 Å². The molecule has 6 nitrogen and oxygen atoms in total. The van der Waals surface area contributed by atoms with Crippen molar-refractivity contribution in [3.63, 3.8) is 0 Å². The zero-order valence-corrected chi connectivity index (χ0v) is 20.7. The van der Waals surface area contributed by atoms with Gasteiger partial charge in [-0.3, -0.25) is 10.1 Å². The van der Waals surface area contributed by atoms with E-state index in [2.05, 4.69) is 10.3 Å². The van der Waals surface area contributed by atoms with Crippen LogP contribution in [0.3, 0.4) is 0 Å². The standard InChI is InChI=1S/C29H28F2N2O4/c1-19-25(33-28(37-19)21-7-4-3-5-8-21)15-16-36-23-13-11-20(12-14-23)17-26(29(34)35-2)32-18-22-9-6-10-24(30)27(22)31/h3-14,26,32H,15-18H2,1-2H3/t26-/m0/s1. The summed E-state index contributed by atoms with van der Waals surface area (Å²) in [6, 6.07) is 20.3. The van der Waals surface area contributed by atoms with Gasteiger partial charge in [0, 0.05) is 24.1 Å². The van der Waals surface area contributed by atoms with E-state index in [1.54, 1.807) is 0 Å². The van der Waals surface area contributed by atoms with E-state index < -0.39 is 23.6 Å². The summed E-state index contributed by atoms with van der Waals surface area (Å²) in [4.78, 5) is 16.9. The van der Waals surface area contributed by atoms with Gasteiger partial charge in [0.1, 0.15) is 17.6 Å². The van der Waals surface area contributed by atoms with Crippen molar-refractivity contribution >= 4 is 5.97 Å². The maximum atomic E-state index is 14.0. The first kappa shape index (κ1) is 26.0. The molecule has 0 amide bonds. The fourth-order valence-electron chi connectivity index (χ4n) is 3.89. The largest absolute Gasteiger partial charge is 0.493 e. The van der Waals surface area contributed by atoms with E-state index in [1.807, 2.05) is 61.5 Å². The van der Waals surface area contributed by atoms with Crippen molar-refractivity contribution in [2.45, 2.75) is 32.4 Å². The molecule has 0 aliphatic carbocycles. The summed E-state index contributed by atoms with van der Waals surface area (Å²) in [5, 5.41) is 2.96. The van der Waals surface area contributed by atoms with Gasteiger partial charge >= 0.3 is 5.97 Å². The van der Waals surface area contributed by atoms with Crippen LogP contribution in [0.15, 0.2) is 77.2 Å². The van der Waals surface area contributed by atoms with Crippen LogP contribution in [-0.4, -0.2) is 30.7 Å². The molecule has 8 heteroatoms. The molecule has 0 bridgehead atoms. The van der Waals surface area contributed by atoms with Gasteiger partial charge in [-0.25, -0.2) is 13.8 Å². The van der Waals surface area contributed by atoms with Gasteiger partial charge in [-0.05, 0) is 49.2 Å². The van der Waals surface area contributed by atoms with Crippen molar-refractivity contribution in [2.24, 2.45) is 0 Å². The second kappa shape index (κ2) is 12.3. The zero-order chi connectivity index (χ0) is 26.2. The van der Waals surface area contributed by atoms with Gasteiger partial charge in [-0.15, -0.1) is 0 Å². The Morgan fingerprint density at radius 1 is 1.03 bits per heavy atom. The minimum absolute atomic E-state index is 0.0159. The second-order valence-electron chi connectivity index (χ2n) is 8.50. The summed E-state index contributed by atoms with van der Waals surface area (Å²) in [6.45, 7) is 2.29. The first-order valence-corrected chi connectivity index (χ1v) is 11.9. The lowest BCUT2D eigenvalue weighted by atomic mass is 10.1. The van der Waals surface area contributed by atoms with Crippen LogP contribution in [0.4, 0.5) is 8.78 Å². The van der Waals surface area contributed by atoms with E-state index in [1.165, 1.54) is 19.2 Å². The molecule has 0 unspecified atom stereocenters. The predicted octanol–water partition coefficient (Wildman–Crippen LogP) is 5.42. The van der Waals surface area contributed by atoms with Gasteiger partial charge in [-0.1, -0.05) is 42.5 Å². The third-order valence-corrected chi connectivity index (χ3v) is 5.94. The highest BCUT2D eigenvalue weighted by Gasteiger charge is 2.20. The maximum absolute atomic E-state index is 14.0. The first-order valence-electron chi connectivity index (χ1n) is 11.9. The Morgan fingerprint density at radius 2 is 1.78 bits per heavy atom. The molecule has 192 valence electrons. The van der Waals surface area contributed by atoms with Crippen molar-refractivity contribution < 1.29 is 27.5 Å². The molecule has 0 saturated heterocycles. The third kappa shape index (κ3) is 6.80. The Hall–Kier alpha value is -4.04. The van der Waals surface area contributed by atoms with Crippen LogP contribution >= 0.6 is 0 Å². The van der Waals surface area contributed by atoms with Crippen molar-refractivity contribution in [2.75, 3.05) is 13.7 Å². The smallest absolute Gasteiger partial charge is 0.323 e. The Bertz CT molecular complexity index is 1320. The number of nitrogens with one attached hydrogen (secondary N) is 1. The highest BCUT2D eigenvalue weighted by atomic mass is 19.2. The Morgan fingerprint density at radius 3 is 2.51 bits per heavy atom. The normalized spacial score (nSPS) is 11.8. The summed E-state index contributed by atoms with van der Waals surface area (Å²) in [7, 11) is 1.29. The lowest BCUT2D eigenvalue weighted by Crippen LogP contribution is -2.39. The molecule has 0 aliphatic heterocycles. The third-order valence-electron chi connectivity index (χ3n) is 5.94. The number of carbonyl (C=O) groups is 1. The molecule has 0 radical (unpaired) electrons. The SMILES string of the molecule is COC(=O)[C@H](Cc1ccc(OCCc2nc(-c3ccccc3)oc2C)cc1)NCc1cccc(F)c1F. The number of rotatable bonds is 11. The molecule has 37 heavy (non-hydrogen) atoms. The number of aryl methyl sites for hydroxylation is 1. The number of ether oxygens (including phenoxy) is 2. The molecule has 4 aromatic rings. The number of carbonyl (C=O) groups excluding carboxylic acids is 1. The average Bonchev–Trinajstić information content (AvgIpc) is 3.30. The highest BCUT2D eigenvalue weighted by molar-refractivity contribution is 5.76. The van der Waals surface area contributed by atoms with E-state index in [-0.39, 0.29) is 12.1 Å². The van der Waals surface area contributed by atoms with Gasteiger partial charge in [0.2, 0.25) is 5.89 Å². The summed E-state index contributed by atoms with van der Waals surface area (Å²) < 4.78 is 44.0. The average molecular weight is 507 g/mol. The Balaban J connectivity index is 1.31. The van der Waals surface area contributed by atoms with Crippen LogP contribution < -0.4 is 10.1 Å². The Labute approximate surface area is 214 Å². The molecular formula is C29H28F2N2O4. The van der Waals surface area contributed by atoms with Crippen molar-refractivity contribution in [1.29, 1.82) is 0 Å². The van der Waals surface area contributed by atoms with E-state index >= 15 is 0 Å². The number of nitrogens with zero attached hydrogens (tertiary/aromatic N) is 1. The number of esters is 1. The van der Waals surface area contributed by atoms with E-state index in [0.29, 0.717) is 31.1 Å². The molecule has 0 fully saturated rings. The molecule has 3 aromatic carbocycles. The molecule has 1 aromatic heterocycles. The van der Waals surface area contributed by atoms with Crippen LogP contribution in [0.5, 0.6) is 5.75 Å². The van der Waals surface area contributed by atoms with Crippen molar-refractivity contribution in [3.8, 4) is 17.2 Å². The van der Waals surface area contributed by atoms with Gasteiger partial charge < -0.3 is 13.9 Å². The van der Waals surface area contributed by atoms with Crippen LogP contribution in [0.1, 0.15) is 22.6 Å². The van der Waals surface area contributed by atoms with Crippen LogP contribution in [0.25, 0.3) is 11.5 Å². The van der Waals surface area contributed by atoms with E-state index in [4.69, 9.17) is 13.9 Å². The number of benzene rings is 3. The number of hydrogen-bond donors (Lipinski definition) is 1. The number of halogens is 2.